The van der Waals surface area contributed by atoms with Crippen molar-refractivity contribution in [1.82, 2.24) is 5.32 Å². The number of alkyl halides is 1. The Balaban J connectivity index is 2.03. The van der Waals surface area contributed by atoms with Crippen molar-refractivity contribution in [2.24, 2.45) is 5.92 Å². The molecule has 1 N–H and O–H groups in total. The van der Waals surface area contributed by atoms with Crippen LogP contribution < -0.4 is 5.32 Å². The van der Waals surface area contributed by atoms with Gasteiger partial charge < -0.3 is 5.32 Å². The molecule has 1 aromatic carbocycles. The lowest BCUT2D eigenvalue weighted by Gasteiger charge is -2.39. The van der Waals surface area contributed by atoms with Crippen LogP contribution in [0.1, 0.15) is 38.2 Å². The fraction of sp³-hybridized carbons (Fsp3) is 0.600. The third-order valence-electron chi connectivity index (χ3n) is 4.02. The highest BCUT2D eigenvalue weighted by atomic mass is 35.5. The number of halogens is 3. The molecule has 1 aliphatic rings. The molecule has 0 heterocycles. The highest BCUT2D eigenvalue weighted by molar-refractivity contribution is 6.35. The minimum atomic E-state index is 0.0577. The first-order valence-corrected chi connectivity index (χ1v) is 8.09. The van der Waals surface area contributed by atoms with E-state index in [4.69, 9.17) is 34.8 Å². The predicted molar refractivity (Wildman–Crippen MR) is 84.4 cm³/mol. The van der Waals surface area contributed by atoms with E-state index in [9.17, 15) is 0 Å². The number of hydrogen-bond acceptors (Lipinski definition) is 1. The molecule has 106 valence electrons. The van der Waals surface area contributed by atoms with E-state index in [1.165, 1.54) is 12.8 Å². The van der Waals surface area contributed by atoms with Gasteiger partial charge in [0.2, 0.25) is 0 Å². The van der Waals surface area contributed by atoms with Crippen molar-refractivity contribution < 1.29 is 0 Å². The summed E-state index contributed by atoms with van der Waals surface area (Å²) in [6, 6.07) is 5.64. The van der Waals surface area contributed by atoms with Gasteiger partial charge in [-0.15, -0.1) is 11.6 Å². The molecule has 1 fully saturated rings. The molecule has 1 nitrogen and oxygen atoms in total. The molecule has 4 heteroatoms. The number of benzene rings is 1. The molecule has 2 unspecified atom stereocenters. The van der Waals surface area contributed by atoms with Gasteiger partial charge in [0.1, 0.15) is 0 Å². The van der Waals surface area contributed by atoms with E-state index in [1.54, 1.807) is 6.07 Å². The maximum atomic E-state index is 6.22. The average molecular weight is 321 g/mol. The van der Waals surface area contributed by atoms with Crippen LogP contribution in [0, 0.1) is 5.92 Å². The standard InChI is InChI=1S/C15H20Cl3N/c1-11-3-2-6-15(8-11,10-16)19-9-12-4-5-13(17)7-14(12)18/h4-5,7,11,19H,2-3,6,8-10H2,1H3. The van der Waals surface area contributed by atoms with Crippen LogP contribution in [0.2, 0.25) is 10.0 Å². The Kier molecular flexibility index (Phi) is 5.42. The monoisotopic (exact) mass is 319 g/mol. The Bertz CT molecular complexity index is 435. The van der Waals surface area contributed by atoms with Gasteiger partial charge in [-0.05, 0) is 36.5 Å². The van der Waals surface area contributed by atoms with Gasteiger partial charge in [0, 0.05) is 28.0 Å². The molecule has 1 aromatic rings. The lowest BCUT2D eigenvalue weighted by molar-refractivity contribution is 0.207. The van der Waals surface area contributed by atoms with Crippen LogP contribution in [0.5, 0.6) is 0 Å². The maximum absolute atomic E-state index is 6.22. The van der Waals surface area contributed by atoms with Crippen LogP contribution >= 0.6 is 34.8 Å². The van der Waals surface area contributed by atoms with Crippen molar-refractivity contribution >= 4 is 34.8 Å². The van der Waals surface area contributed by atoms with Crippen molar-refractivity contribution in [3.05, 3.63) is 33.8 Å². The second kappa shape index (κ2) is 6.67. The van der Waals surface area contributed by atoms with Gasteiger partial charge in [-0.3, -0.25) is 0 Å². The van der Waals surface area contributed by atoms with E-state index < -0.39 is 0 Å². The Morgan fingerprint density at radius 1 is 1.37 bits per heavy atom. The molecule has 19 heavy (non-hydrogen) atoms. The zero-order valence-corrected chi connectivity index (χ0v) is 13.5. The molecule has 2 atom stereocenters. The average Bonchev–Trinajstić information content (AvgIpc) is 2.38. The quantitative estimate of drug-likeness (QED) is 0.745. The summed E-state index contributed by atoms with van der Waals surface area (Å²) in [7, 11) is 0. The lowest BCUT2D eigenvalue weighted by Crippen LogP contribution is -2.49. The Hall–Kier alpha value is 0.0500. The van der Waals surface area contributed by atoms with Gasteiger partial charge in [0.25, 0.3) is 0 Å². The van der Waals surface area contributed by atoms with Crippen LogP contribution in [-0.4, -0.2) is 11.4 Å². The van der Waals surface area contributed by atoms with Crippen molar-refractivity contribution in [2.45, 2.75) is 44.7 Å². The SMILES string of the molecule is CC1CCCC(CCl)(NCc2ccc(Cl)cc2Cl)C1. The van der Waals surface area contributed by atoms with E-state index in [0.29, 0.717) is 15.9 Å². The van der Waals surface area contributed by atoms with Gasteiger partial charge in [0.05, 0.1) is 0 Å². The second-order valence-electron chi connectivity index (χ2n) is 5.70. The van der Waals surface area contributed by atoms with E-state index in [0.717, 1.165) is 30.9 Å². The van der Waals surface area contributed by atoms with Crippen LogP contribution in [0.25, 0.3) is 0 Å². The summed E-state index contributed by atoms with van der Waals surface area (Å²) in [4.78, 5) is 0. The Morgan fingerprint density at radius 3 is 2.79 bits per heavy atom. The minimum Gasteiger partial charge on any atom is -0.306 e. The number of hydrogen-bond donors (Lipinski definition) is 1. The molecular weight excluding hydrogens is 301 g/mol. The summed E-state index contributed by atoms with van der Waals surface area (Å²) < 4.78 is 0. The summed E-state index contributed by atoms with van der Waals surface area (Å²) in [5.74, 6) is 1.39. The third-order valence-corrected chi connectivity index (χ3v) is 5.11. The highest BCUT2D eigenvalue weighted by Crippen LogP contribution is 2.33. The first-order valence-electron chi connectivity index (χ1n) is 6.79. The summed E-state index contributed by atoms with van der Waals surface area (Å²) >= 11 is 18.3. The molecule has 2 rings (SSSR count). The van der Waals surface area contributed by atoms with Crippen molar-refractivity contribution in [3.8, 4) is 0 Å². The molecule has 0 saturated heterocycles. The van der Waals surface area contributed by atoms with Gasteiger partial charge in [-0.25, -0.2) is 0 Å². The largest absolute Gasteiger partial charge is 0.306 e. The fourth-order valence-corrected chi connectivity index (χ4v) is 3.75. The van der Waals surface area contributed by atoms with Gasteiger partial charge in [0.15, 0.2) is 0 Å². The normalized spacial score (nSPS) is 27.5. The van der Waals surface area contributed by atoms with Gasteiger partial charge in [-0.2, -0.15) is 0 Å². The van der Waals surface area contributed by atoms with E-state index in [1.807, 2.05) is 12.1 Å². The van der Waals surface area contributed by atoms with Crippen molar-refractivity contribution in [3.63, 3.8) is 0 Å². The van der Waals surface area contributed by atoms with Gasteiger partial charge >= 0.3 is 0 Å². The van der Waals surface area contributed by atoms with Crippen LogP contribution in [0.15, 0.2) is 18.2 Å². The Labute approximate surface area is 130 Å². The topological polar surface area (TPSA) is 12.0 Å². The van der Waals surface area contributed by atoms with Crippen LogP contribution in [0.3, 0.4) is 0 Å². The minimum absolute atomic E-state index is 0.0577. The van der Waals surface area contributed by atoms with Crippen LogP contribution in [-0.2, 0) is 6.54 Å². The number of rotatable bonds is 4. The smallest absolute Gasteiger partial charge is 0.0465 e. The summed E-state index contributed by atoms with van der Waals surface area (Å²) in [5, 5.41) is 5.02. The zero-order valence-electron chi connectivity index (χ0n) is 11.2. The molecule has 1 aliphatic carbocycles. The highest BCUT2D eigenvalue weighted by Gasteiger charge is 2.33. The van der Waals surface area contributed by atoms with Crippen LogP contribution in [0.4, 0.5) is 0 Å². The Morgan fingerprint density at radius 2 is 2.16 bits per heavy atom. The molecule has 0 bridgehead atoms. The predicted octanol–water partition coefficient (Wildman–Crippen LogP) is 5.27. The fourth-order valence-electron chi connectivity index (χ4n) is 2.94. The molecule has 1 saturated carbocycles. The molecule has 0 spiro atoms. The summed E-state index contributed by atoms with van der Waals surface area (Å²) in [6.07, 6.45) is 4.84. The van der Waals surface area contributed by atoms with E-state index >= 15 is 0 Å². The summed E-state index contributed by atoms with van der Waals surface area (Å²) in [6.45, 7) is 3.05. The van der Waals surface area contributed by atoms with E-state index in [-0.39, 0.29) is 5.54 Å². The van der Waals surface area contributed by atoms with E-state index in [2.05, 4.69) is 12.2 Å². The summed E-state index contributed by atoms with van der Waals surface area (Å²) in [5.41, 5.74) is 1.14. The molecule has 0 amide bonds. The third kappa shape index (κ3) is 4.01. The first kappa shape index (κ1) is 15.4. The van der Waals surface area contributed by atoms with Gasteiger partial charge in [-0.1, -0.05) is 49.0 Å². The first-order chi connectivity index (χ1) is 9.04. The number of nitrogens with one attached hydrogen (secondary N) is 1. The molecule has 0 aliphatic heterocycles. The molecule has 0 radical (unpaired) electrons. The van der Waals surface area contributed by atoms with Crippen molar-refractivity contribution in [1.29, 1.82) is 0 Å². The molecule has 0 aromatic heterocycles. The van der Waals surface area contributed by atoms with Crippen molar-refractivity contribution in [2.75, 3.05) is 5.88 Å². The zero-order chi connectivity index (χ0) is 13.9. The second-order valence-corrected chi connectivity index (χ2v) is 6.82. The molecular formula is C15H20Cl3N. The lowest BCUT2D eigenvalue weighted by atomic mass is 9.77. The maximum Gasteiger partial charge on any atom is 0.0465 e.